The van der Waals surface area contributed by atoms with Crippen molar-refractivity contribution in [1.82, 2.24) is 9.97 Å². The van der Waals surface area contributed by atoms with Crippen molar-refractivity contribution in [2.45, 2.75) is 25.9 Å². The van der Waals surface area contributed by atoms with Gasteiger partial charge in [0, 0.05) is 13.1 Å². The van der Waals surface area contributed by atoms with Gasteiger partial charge in [0.15, 0.2) is 11.6 Å². The summed E-state index contributed by atoms with van der Waals surface area (Å²) in [4.78, 5) is 8.27. The molecule has 3 N–H and O–H groups in total. The Morgan fingerprint density at radius 3 is 2.61 bits per heavy atom. The third-order valence-electron chi connectivity index (χ3n) is 3.00. The largest absolute Gasteiger partial charge is 0.490 e. The summed E-state index contributed by atoms with van der Waals surface area (Å²) in [7, 11) is 1.59. The van der Waals surface area contributed by atoms with Gasteiger partial charge in [0.25, 0.3) is 0 Å². The monoisotopic (exact) mass is 252 g/mol. The van der Waals surface area contributed by atoms with E-state index in [1.165, 1.54) is 6.33 Å². The maximum Gasteiger partial charge on any atom is 0.204 e. The zero-order valence-electron chi connectivity index (χ0n) is 10.8. The topological polar surface area (TPSA) is 79.3 Å². The van der Waals surface area contributed by atoms with Gasteiger partial charge in [-0.05, 0) is 25.7 Å². The number of nitrogens with zero attached hydrogens (tertiary/aromatic N) is 2. The van der Waals surface area contributed by atoms with Gasteiger partial charge in [-0.2, -0.15) is 0 Å². The number of anilines is 2. The van der Waals surface area contributed by atoms with Crippen LogP contribution in [0.15, 0.2) is 6.33 Å². The van der Waals surface area contributed by atoms with Crippen molar-refractivity contribution in [1.29, 1.82) is 0 Å². The van der Waals surface area contributed by atoms with Crippen LogP contribution in [0.4, 0.5) is 11.6 Å². The van der Waals surface area contributed by atoms with Gasteiger partial charge in [-0.25, -0.2) is 9.97 Å². The molecule has 0 aromatic carbocycles. The first-order valence-corrected chi connectivity index (χ1v) is 6.31. The summed E-state index contributed by atoms with van der Waals surface area (Å²) in [6.07, 6.45) is 3.40. The minimum atomic E-state index is -0.313. The molecule has 1 unspecified atom stereocenters. The van der Waals surface area contributed by atoms with Gasteiger partial charge in [-0.15, -0.1) is 0 Å². The molecule has 1 aromatic heterocycles. The van der Waals surface area contributed by atoms with E-state index in [0.717, 1.165) is 19.4 Å². The lowest BCUT2D eigenvalue weighted by Crippen LogP contribution is -2.22. The Bertz CT molecular complexity index is 396. The van der Waals surface area contributed by atoms with E-state index in [-0.39, 0.29) is 6.10 Å². The summed E-state index contributed by atoms with van der Waals surface area (Å²) in [5.74, 6) is 2.31. The van der Waals surface area contributed by atoms with Crippen LogP contribution in [0, 0.1) is 5.92 Å². The van der Waals surface area contributed by atoms with Gasteiger partial charge in [-0.3, -0.25) is 0 Å². The molecule has 1 fully saturated rings. The van der Waals surface area contributed by atoms with Gasteiger partial charge < -0.3 is 20.5 Å². The van der Waals surface area contributed by atoms with E-state index in [2.05, 4.69) is 20.6 Å². The fraction of sp³-hybridized carbons (Fsp3) is 0.667. The molecule has 2 rings (SSSR count). The first-order chi connectivity index (χ1) is 8.76. The van der Waals surface area contributed by atoms with Gasteiger partial charge in [-0.1, -0.05) is 0 Å². The Hall–Kier alpha value is -1.56. The molecule has 0 bridgehead atoms. The summed E-state index contributed by atoms with van der Waals surface area (Å²) in [5.41, 5.74) is 0. The van der Waals surface area contributed by atoms with Crippen molar-refractivity contribution in [3.8, 4) is 5.75 Å². The summed E-state index contributed by atoms with van der Waals surface area (Å²) >= 11 is 0. The Labute approximate surface area is 107 Å². The molecule has 1 atom stereocenters. The highest BCUT2D eigenvalue weighted by Gasteiger charge is 2.29. The van der Waals surface area contributed by atoms with Crippen LogP contribution in [0.2, 0.25) is 0 Å². The molecule has 0 spiro atoms. The number of hydrogen-bond donors (Lipinski definition) is 3. The third kappa shape index (κ3) is 3.01. The summed E-state index contributed by atoms with van der Waals surface area (Å²) in [6.45, 7) is 3.24. The maximum absolute atomic E-state index is 9.82. The Kier molecular flexibility index (Phi) is 4.19. The molecule has 0 radical (unpaired) electrons. The van der Waals surface area contributed by atoms with E-state index in [0.29, 0.717) is 29.8 Å². The van der Waals surface area contributed by atoms with E-state index >= 15 is 0 Å². The minimum Gasteiger partial charge on any atom is -0.490 e. The number of aromatic nitrogens is 2. The van der Waals surface area contributed by atoms with E-state index in [9.17, 15) is 5.11 Å². The molecule has 6 nitrogen and oxygen atoms in total. The molecule has 100 valence electrons. The molecular formula is C12H20N4O2. The van der Waals surface area contributed by atoms with Crippen LogP contribution in [0.1, 0.15) is 19.8 Å². The lowest BCUT2D eigenvalue weighted by atomic mass is 10.2. The molecular weight excluding hydrogens is 232 g/mol. The lowest BCUT2D eigenvalue weighted by molar-refractivity contribution is 0.164. The Balaban J connectivity index is 2.03. The Morgan fingerprint density at radius 2 is 2.06 bits per heavy atom. The van der Waals surface area contributed by atoms with Crippen LogP contribution >= 0.6 is 0 Å². The van der Waals surface area contributed by atoms with Gasteiger partial charge in [0.05, 0.1) is 13.2 Å². The number of nitrogens with one attached hydrogen (secondary N) is 2. The molecule has 1 aliphatic rings. The first kappa shape index (κ1) is 12.9. The first-order valence-electron chi connectivity index (χ1n) is 6.31. The molecule has 1 aromatic rings. The van der Waals surface area contributed by atoms with Crippen molar-refractivity contribution in [2.75, 3.05) is 30.8 Å². The van der Waals surface area contributed by atoms with Crippen LogP contribution in [0.25, 0.3) is 0 Å². The van der Waals surface area contributed by atoms with Crippen LogP contribution < -0.4 is 15.4 Å². The minimum absolute atomic E-state index is 0.313. The van der Waals surface area contributed by atoms with Gasteiger partial charge >= 0.3 is 0 Å². The highest BCUT2D eigenvalue weighted by molar-refractivity contribution is 5.63. The third-order valence-corrected chi connectivity index (χ3v) is 3.00. The van der Waals surface area contributed by atoms with Gasteiger partial charge in [0.1, 0.15) is 6.33 Å². The second-order valence-corrected chi connectivity index (χ2v) is 4.42. The molecule has 1 saturated carbocycles. The second kappa shape index (κ2) is 5.86. The van der Waals surface area contributed by atoms with Crippen LogP contribution in [-0.4, -0.2) is 41.4 Å². The van der Waals surface area contributed by atoms with Gasteiger partial charge in [0.2, 0.25) is 5.75 Å². The fourth-order valence-corrected chi connectivity index (χ4v) is 1.84. The number of aliphatic hydroxyl groups is 1. The standard InChI is InChI=1S/C12H20N4O2/c1-3-13-11-10(18-2)12(16-7-15-11)14-6-9(17)8-4-5-8/h7-9,17H,3-6H2,1-2H3,(H2,13,14,15,16). The molecule has 1 heterocycles. The number of ether oxygens (including phenoxy) is 1. The second-order valence-electron chi connectivity index (χ2n) is 4.42. The van der Waals surface area contributed by atoms with Crippen molar-refractivity contribution < 1.29 is 9.84 Å². The van der Waals surface area contributed by atoms with E-state index in [1.807, 2.05) is 6.92 Å². The van der Waals surface area contributed by atoms with Crippen molar-refractivity contribution in [3.05, 3.63) is 6.33 Å². The van der Waals surface area contributed by atoms with Crippen LogP contribution in [-0.2, 0) is 0 Å². The van der Waals surface area contributed by atoms with Crippen LogP contribution in [0.5, 0.6) is 5.75 Å². The average Bonchev–Trinajstić information content (AvgIpc) is 3.20. The van der Waals surface area contributed by atoms with E-state index < -0.39 is 0 Å². The summed E-state index contributed by atoms with van der Waals surface area (Å²) < 4.78 is 5.31. The van der Waals surface area contributed by atoms with Crippen LogP contribution in [0.3, 0.4) is 0 Å². The molecule has 0 saturated heterocycles. The van der Waals surface area contributed by atoms with E-state index in [4.69, 9.17) is 4.74 Å². The predicted octanol–water partition coefficient (Wildman–Crippen LogP) is 1.10. The van der Waals surface area contributed by atoms with Crippen molar-refractivity contribution >= 4 is 11.6 Å². The average molecular weight is 252 g/mol. The SMILES string of the molecule is CCNc1ncnc(NCC(O)C2CC2)c1OC. The number of methoxy groups -OCH3 is 1. The Morgan fingerprint density at radius 1 is 1.39 bits per heavy atom. The van der Waals surface area contributed by atoms with Crippen molar-refractivity contribution in [2.24, 2.45) is 5.92 Å². The number of rotatable bonds is 7. The summed E-state index contributed by atoms with van der Waals surface area (Å²) in [6, 6.07) is 0. The fourth-order valence-electron chi connectivity index (χ4n) is 1.84. The number of hydrogen-bond acceptors (Lipinski definition) is 6. The molecule has 0 amide bonds. The lowest BCUT2D eigenvalue weighted by Gasteiger charge is -2.15. The van der Waals surface area contributed by atoms with E-state index in [1.54, 1.807) is 7.11 Å². The predicted molar refractivity (Wildman–Crippen MR) is 70.0 cm³/mol. The molecule has 1 aliphatic carbocycles. The molecule has 0 aliphatic heterocycles. The highest BCUT2D eigenvalue weighted by Crippen LogP contribution is 2.33. The normalized spacial score (nSPS) is 16.2. The smallest absolute Gasteiger partial charge is 0.204 e. The van der Waals surface area contributed by atoms with Crippen molar-refractivity contribution in [3.63, 3.8) is 0 Å². The molecule has 6 heteroatoms. The maximum atomic E-state index is 9.82. The number of aliphatic hydroxyl groups excluding tert-OH is 1. The zero-order chi connectivity index (χ0) is 13.0. The molecule has 18 heavy (non-hydrogen) atoms. The zero-order valence-corrected chi connectivity index (χ0v) is 10.8. The highest BCUT2D eigenvalue weighted by atomic mass is 16.5. The quantitative estimate of drug-likeness (QED) is 0.674. The summed E-state index contributed by atoms with van der Waals surface area (Å²) in [5, 5.41) is 16.1.